The Labute approximate surface area is 248 Å². The van der Waals surface area contributed by atoms with Gasteiger partial charge >= 0.3 is 0 Å². The van der Waals surface area contributed by atoms with Gasteiger partial charge in [-0.1, -0.05) is 60.7 Å². The number of nitrogens with one attached hydrogen (secondary N) is 2. The first-order valence-corrected chi connectivity index (χ1v) is 15.1. The second-order valence-electron chi connectivity index (χ2n) is 11.2. The molecular weight excluding hydrogens is 520 g/mol. The summed E-state index contributed by atoms with van der Waals surface area (Å²) in [5, 5.41) is 8.26. The molecule has 1 aliphatic carbocycles. The Bertz CT molecular complexity index is 1570. The number of nitrogens with two attached hydrogens (primary N) is 1. The molecule has 5 aromatic rings. The standard InChI is InChI=1S/C35H40N6O/c36-34-33-32(28-10-3-1-4-11-28)24-41(35(33)40-25-39-34)29-16-15-27(21-29)23-38-19-8-18-37-20-17-26-9-7-14-31(22-26)42-30-12-5-2-6-13-30/h1-7,9-14,22,24-25,27,29,37-38H,8,15-21,23H2,(H2,36,39,40)/t27-,29+/m1/s1. The summed E-state index contributed by atoms with van der Waals surface area (Å²) in [5.41, 5.74) is 10.8. The first-order valence-electron chi connectivity index (χ1n) is 15.1. The van der Waals surface area contributed by atoms with Crippen LogP contribution in [0.25, 0.3) is 22.2 Å². The Morgan fingerprint density at radius 3 is 2.48 bits per heavy atom. The number of aromatic nitrogens is 3. The lowest BCUT2D eigenvalue weighted by atomic mass is 10.1. The van der Waals surface area contributed by atoms with Crippen molar-refractivity contribution in [3.05, 3.63) is 103 Å². The quantitative estimate of drug-likeness (QED) is 0.140. The van der Waals surface area contributed by atoms with E-state index in [9.17, 15) is 0 Å². The van der Waals surface area contributed by atoms with Crippen LogP contribution in [-0.4, -0.2) is 40.7 Å². The highest BCUT2D eigenvalue weighted by Crippen LogP contribution is 2.40. The van der Waals surface area contributed by atoms with Gasteiger partial charge in [0, 0.05) is 17.8 Å². The Morgan fingerprint density at radius 1 is 0.833 bits per heavy atom. The van der Waals surface area contributed by atoms with E-state index in [4.69, 9.17) is 10.5 Å². The molecule has 0 unspecified atom stereocenters. The van der Waals surface area contributed by atoms with Gasteiger partial charge < -0.3 is 25.7 Å². The van der Waals surface area contributed by atoms with Crippen molar-refractivity contribution in [2.24, 2.45) is 5.92 Å². The molecule has 2 atom stereocenters. The lowest BCUT2D eigenvalue weighted by Crippen LogP contribution is -2.26. The Balaban J connectivity index is 0.916. The zero-order valence-corrected chi connectivity index (χ0v) is 24.1. The van der Waals surface area contributed by atoms with Crippen LogP contribution in [0.3, 0.4) is 0 Å². The minimum Gasteiger partial charge on any atom is -0.457 e. The van der Waals surface area contributed by atoms with Gasteiger partial charge in [0.15, 0.2) is 0 Å². The molecular formula is C35H40N6O. The van der Waals surface area contributed by atoms with E-state index in [0.717, 1.165) is 85.5 Å². The molecule has 3 aromatic carbocycles. The van der Waals surface area contributed by atoms with Crippen LogP contribution < -0.4 is 21.1 Å². The molecule has 0 bridgehead atoms. The topological polar surface area (TPSA) is 90.0 Å². The van der Waals surface area contributed by atoms with Crippen LogP contribution in [0, 0.1) is 5.92 Å². The van der Waals surface area contributed by atoms with Crippen molar-refractivity contribution in [2.75, 3.05) is 31.9 Å². The summed E-state index contributed by atoms with van der Waals surface area (Å²) in [7, 11) is 0. The first-order chi connectivity index (χ1) is 20.7. The zero-order chi connectivity index (χ0) is 28.6. The molecule has 0 aliphatic heterocycles. The van der Waals surface area contributed by atoms with Gasteiger partial charge in [-0.3, -0.25) is 0 Å². The second kappa shape index (κ2) is 13.6. The van der Waals surface area contributed by atoms with Gasteiger partial charge in [0.1, 0.15) is 29.3 Å². The molecule has 42 heavy (non-hydrogen) atoms. The molecule has 1 saturated carbocycles. The zero-order valence-electron chi connectivity index (χ0n) is 24.1. The number of para-hydroxylation sites is 1. The summed E-state index contributed by atoms with van der Waals surface area (Å²) in [6, 6.07) is 29.1. The summed E-state index contributed by atoms with van der Waals surface area (Å²) < 4.78 is 8.32. The number of hydrogen-bond acceptors (Lipinski definition) is 6. The molecule has 2 aromatic heterocycles. The lowest BCUT2D eigenvalue weighted by Gasteiger charge is -2.15. The molecule has 0 saturated heterocycles. The van der Waals surface area contributed by atoms with E-state index in [0.29, 0.717) is 17.8 Å². The highest BCUT2D eigenvalue weighted by molar-refractivity contribution is 6.00. The van der Waals surface area contributed by atoms with Crippen LogP contribution in [0.5, 0.6) is 11.5 Å². The van der Waals surface area contributed by atoms with Gasteiger partial charge in [0.2, 0.25) is 0 Å². The number of nitrogen functional groups attached to an aromatic ring is 1. The van der Waals surface area contributed by atoms with Gasteiger partial charge in [-0.2, -0.15) is 0 Å². The minimum atomic E-state index is 0.435. The van der Waals surface area contributed by atoms with Crippen molar-refractivity contribution < 1.29 is 4.74 Å². The third-order valence-electron chi connectivity index (χ3n) is 8.24. The molecule has 7 nitrogen and oxygen atoms in total. The minimum absolute atomic E-state index is 0.435. The number of ether oxygens (including phenoxy) is 1. The van der Waals surface area contributed by atoms with E-state index in [1.807, 2.05) is 42.5 Å². The van der Waals surface area contributed by atoms with Gasteiger partial charge in [-0.25, -0.2) is 9.97 Å². The maximum Gasteiger partial charge on any atom is 0.146 e. The highest BCUT2D eigenvalue weighted by Gasteiger charge is 2.28. The molecule has 0 radical (unpaired) electrons. The Kier molecular flexibility index (Phi) is 9.08. The van der Waals surface area contributed by atoms with Crippen LogP contribution in [0.15, 0.2) is 97.5 Å². The van der Waals surface area contributed by atoms with Crippen LogP contribution in [0.1, 0.15) is 37.3 Å². The predicted octanol–water partition coefficient (Wildman–Crippen LogP) is 6.63. The first kappa shape index (κ1) is 27.9. The fourth-order valence-electron chi connectivity index (χ4n) is 6.10. The fourth-order valence-corrected chi connectivity index (χ4v) is 6.10. The van der Waals surface area contributed by atoms with Gasteiger partial charge in [-0.05, 0) is 99.6 Å². The normalized spacial score (nSPS) is 16.7. The van der Waals surface area contributed by atoms with Crippen molar-refractivity contribution in [1.29, 1.82) is 0 Å². The van der Waals surface area contributed by atoms with Crippen LogP contribution >= 0.6 is 0 Å². The van der Waals surface area contributed by atoms with E-state index >= 15 is 0 Å². The van der Waals surface area contributed by atoms with E-state index in [1.165, 1.54) is 12.0 Å². The lowest BCUT2D eigenvalue weighted by molar-refractivity contribution is 0.452. The molecule has 1 fully saturated rings. The number of fused-ring (bicyclic) bond motifs is 1. The van der Waals surface area contributed by atoms with Crippen LogP contribution in [0.4, 0.5) is 5.82 Å². The van der Waals surface area contributed by atoms with Crippen molar-refractivity contribution in [3.8, 4) is 22.6 Å². The number of rotatable bonds is 13. The fraction of sp³-hybridized carbons (Fsp3) is 0.314. The average molecular weight is 561 g/mol. The Hall–Kier alpha value is -4.20. The SMILES string of the molecule is Nc1ncnc2c1c(-c1ccccc1)cn2[C@H]1CC[C@@H](CNCCCNCCc2cccc(Oc3ccccc3)c2)C1. The maximum atomic E-state index is 6.34. The van der Waals surface area contributed by atoms with E-state index in [1.54, 1.807) is 6.33 Å². The van der Waals surface area contributed by atoms with Gasteiger partial charge in [0.05, 0.1) is 5.39 Å². The molecule has 4 N–H and O–H groups in total. The van der Waals surface area contributed by atoms with E-state index in [2.05, 4.69) is 73.8 Å². The summed E-state index contributed by atoms with van der Waals surface area (Å²) in [6.07, 6.45) is 9.47. The average Bonchev–Trinajstić information content (AvgIpc) is 3.65. The van der Waals surface area contributed by atoms with Crippen LogP contribution in [0.2, 0.25) is 0 Å². The highest BCUT2D eigenvalue weighted by atomic mass is 16.5. The van der Waals surface area contributed by atoms with Crippen molar-refractivity contribution in [1.82, 2.24) is 25.2 Å². The molecule has 0 spiro atoms. The molecule has 216 valence electrons. The third kappa shape index (κ3) is 6.81. The number of hydrogen-bond donors (Lipinski definition) is 3. The second-order valence-corrected chi connectivity index (χ2v) is 11.2. The molecule has 2 heterocycles. The maximum absolute atomic E-state index is 6.34. The predicted molar refractivity (Wildman–Crippen MR) is 171 cm³/mol. The number of nitrogens with zero attached hydrogens (tertiary/aromatic N) is 3. The van der Waals surface area contributed by atoms with E-state index in [-0.39, 0.29) is 0 Å². The molecule has 0 amide bonds. The summed E-state index contributed by atoms with van der Waals surface area (Å²) in [6.45, 7) is 4.07. The third-order valence-corrected chi connectivity index (χ3v) is 8.24. The largest absolute Gasteiger partial charge is 0.457 e. The number of benzene rings is 3. The summed E-state index contributed by atoms with van der Waals surface area (Å²) in [5.74, 6) is 2.97. The summed E-state index contributed by atoms with van der Waals surface area (Å²) >= 11 is 0. The number of anilines is 1. The smallest absolute Gasteiger partial charge is 0.146 e. The monoisotopic (exact) mass is 560 g/mol. The molecule has 6 rings (SSSR count). The van der Waals surface area contributed by atoms with Crippen LogP contribution in [-0.2, 0) is 6.42 Å². The van der Waals surface area contributed by atoms with Crippen molar-refractivity contribution in [3.63, 3.8) is 0 Å². The molecule has 7 heteroatoms. The van der Waals surface area contributed by atoms with Crippen molar-refractivity contribution in [2.45, 2.75) is 38.1 Å². The van der Waals surface area contributed by atoms with Gasteiger partial charge in [0.25, 0.3) is 0 Å². The van der Waals surface area contributed by atoms with Crippen molar-refractivity contribution >= 4 is 16.9 Å². The Morgan fingerprint density at radius 2 is 1.62 bits per heavy atom. The summed E-state index contributed by atoms with van der Waals surface area (Å²) in [4.78, 5) is 8.94. The van der Waals surface area contributed by atoms with E-state index < -0.39 is 0 Å². The molecule has 1 aliphatic rings. The van der Waals surface area contributed by atoms with Gasteiger partial charge in [-0.15, -0.1) is 0 Å².